The minimum Gasteiger partial charge on any atom is -0.368 e. The Morgan fingerprint density at radius 1 is 0.900 bits per heavy atom. The van der Waals surface area contributed by atoms with Crippen LogP contribution in [0.5, 0.6) is 0 Å². The molecule has 30 heavy (non-hydrogen) atoms. The number of imidazole rings is 1. The highest BCUT2D eigenvalue weighted by Gasteiger charge is 2.21. The maximum Gasteiger partial charge on any atom is 0.161 e. The van der Waals surface area contributed by atoms with Gasteiger partial charge in [0.25, 0.3) is 0 Å². The first-order chi connectivity index (χ1) is 14.9. The van der Waals surface area contributed by atoms with Crippen LogP contribution in [-0.2, 0) is 0 Å². The van der Waals surface area contributed by atoms with E-state index < -0.39 is 0 Å². The molecule has 3 N–H and O–H groups in total. The van der Waals surface area contributed by atoms with Gasteiger partial charge >= 0.3 is 0 Å². The number of H-pyrrole nitrogens is 2. The van der Waals surface area contributed by atoms with Crippen molar-refractivity contribution in [3.8, 4) is 11.5 Å². The molecular formula is C22H26N8. The van der Waals surface area contributed by atoms with Crippen LogP contribution < -0.4 is 10.2 Å². The summed E-state index contributed by atoms with van der Waals surface area (Å²) in [7, 11) is 0. The second-order valence-corrected chi connectivity index (χ2v) is 8.42. The highest BCUT2D eigenvalue weighted by atomic mass is 15.2. The molecule has 154 valence electrons. The van der Waals surface area contributed by atoms with Crippen LogP contribution in [-0.4, -0.2) is 56.3 Å². The summed E-state index contributed by atoms with van der Waals surface area (Å²) in [6, 6.07) is 4.23. The SMILES string of the molecule is c1cc2[nH]nc(-c3nc4c(N5CCCCC5)cncc4[nH]3)c2nc1C1CCNCC1. The van der Waals surface area contributed by atoms with Gasteiger partial charge in [0, 0.05) is 24.7 Å². The molecule has 0 atom stereocenters. The lowest BCUT2D eigenvalue weighted by atomic mass is 9.94. The number of pyridine rings is 2. The van der Waals surface area contributed by atoms with Gasteiger partial charge in [0.1, 0.15) is 11.0 Å². The van der Waals surface area contributed by atoms with Crippen LogP contribution >= 0.6 is 0 Å². The van der Waals surface area contributed by atoms with Crippen molar-refractivity contribution in [3.05, 3.63) is 30.2 Å². The molecule has 2 aliphatic heterocycles. The summed E-state index contributed by atoms with van der Waals surface area (Å²) in [4.78, 5) is 20.3. The van der Waals surface area contributed by atoms with E-state index in [9.17, 15) is 0 Å². The summed E-state index contributed by atoms with van der Waals surface area (Å²) in [5.41, 5.74) is 6.78. The number of rotatable bonds is 3. The molecule has 2 saturated heterocycles. The number of hydrogen-bond acceptors (Lipinski definition) is 6. The number of hydrogen-bond donors (Lipinski definition) is 3. The molecule has 0 radical (unpaired) electrons. The third-order valence-electron chi connectivity index (χ3n) is 6.48. The van der Waals surface area contributed by atoms with Crippen LogP contribution in [0.1, 0.15) is 43.7 Å². The molecule has 0 aromatic carbocycles. The first kappa shape index (κ1) is 17.8. The quantitative estimate of drug-likeness (QED) is 0.486. The van der Waals surface area contributed by atoms with Crippen molar-refractivity contribution >= 4 is 27.8 Å². The van der Waals surface area contributed by atoms with Crippen LogP contribution in [0.4, 0.5) is 5.69 Å². The minimum absolute atomic E-state index is 0.504. The van der Waals surface area contributed by atoms with E-state index >= 15 is 0 Å². The third kappa shape index (κ3) is 3.02. The fourth-order valence-electron chi connectivity index (χ4n) is 4.82. The van der Waals surface area contributed by atoms with Gasteiger partial charge in [-0.05, 0) is 57.3 Å². The monoisotopic (exact) mass is 402 g/mol. The molecule has 0 aliphatic carbocycles. The van der Waals surface area contributed by atoms with Gasteiger partial charge in [-0.1, -0.05) is 0 Å². The van der Waals surface area contributed by atoms with Crippen molar-refractivity contribution in [1.82, 2.24) is 35.5 Å². The molecule has 0 unspecified atom stereocenters. The van der Waals surface area contributed by atoms with E-state index in [2.05, 4.69) is 42.5 Å². The Kier molecular flexibility index (Phi) is 4.37. The minimum atomic E-state index is 0.504. The van der Waals surface area contributed by atoms with Crippen molar-refractivity contribution < 1.29 is 0 Å². The maximum atomic E-state index is 5.01. The Balaban J connectivity index is 1.42. The van der Waals surface area contributed by atoms with Crippen LogP contribution in [0.25, 0.3) is 33.6 Å². The molecule has 8 heteroatoms. The molecule has 2 fully saturated rings. The van der Waals surface area contributed by atoms with E-state index in [1.54, 1.807) is 0 Å². The van der Waals surface area contributed by atoms with E-state index in [4.69, 9.17) is 9.97 Å². The summed E-state index contributed by atoms with van der Waals surface area (Å²) in [6.45, 7) is 4.24. The first-order valence-corrected chi connectivity index (χ1v) is 11.0. The molecule has 0 spiro atoms. The average Bonchev–Trinajstić information content (AvgIpc) is 3.43. The molecule has 6 rings (SSSR count). The van der Waals surface area contributed by atoms with Crippen LogP contribution in [0, 0.1) is 0 Å². The van der Waals surface area contributed by atoms with E-state index in [0.717, 1.165) is 84.0 Å². The average molecular weight is 403 g/mol. The number of fused-ring (bicyclic) bond motifs is 2. The largest absolute Gasteiger partial charge is 0.368 e. The lowest BCUT2D eigenvalue weighted by Gasteiger charge is -2.28. The number of aromatic amines is 2. The summed E-state index contributed by atoms with van der Waals surface area (Å²) in [6.07, 6.45) is 9.79. The second kappa shape index (κ2) is 7.36. The number of nitrogens with zero attached hydrogens (tertiary/aromatic N) is 5. The van der Waals surface area contributed by atoms with Gasteiger partial charge < -0.3 is 15.2 Å². The maximum absolute atomic E-state index is 5.01. The molecule has 0 saturated carbocycles. The van der Waals surface area contributed by atoms with Gasteiger partial charge in [0.15, 0.2) is 11.5 Å². The zero-order valence-electron chi connectivity index (χ0n) is 17.0. The Labute approximate surface area is 174 Å². The first-order valence-electron chi connectivity index (χ1n) is 11.0. The molecule has 6 heterocycles. The lowest BCUT2D eigenvalue weighted by Crippen LogP contribution is -2.29. The normalized spacial score (nSPS) is 18.5. The van der Waals surface area contributed by atoms with Gasteiger partial charge in [-0.3, -0.25) is 10.1 Å². The van der Waals surface area contributed by atoms with Crippen molar-refractivity contribution in [2.75, 3.05) is 31.1 Å². The third-order valence-corrected chi connectivity index (χ3v) is 6.48. The zero-order chi connectivity index (χ0) is 19.9. The van der Waals surface area contributed by atoms with Crippen LogP contribution in [0.3, 0.4) is 0 Å². The van der Waals surface area contributed by atoms with E-state index in [1.165, 1.54) is 19.3 Å². The van der Waals surface area contributed by atoms with Crippen molar-refractivity contribution in [1.29, 1.82) is 0 Å². The van der Waals surface area contributed by atoms with Crippen LogP contribution in [0.15, 0.2) is 24.5 Å². The Hall–Kier alpha value is -3.00. The summed E-state index contributed by atoms with van der Waals surface area (Å²) >= 11 is 0. The number of anilines is 1. The van der Waals surface area contributed by atoms with Crippen molar-refractivity contribution in [2.45, 2.75) is 38.0 Å². The topological polar surface area (TPSA) is 98.4 Å². The van der Waals surface area contributed by atoms with Crippen molar-refractivity contribution in [3.63, 3.8) is 0 Å². The fourth-order valence-corrected chi connectivity index (χ4v) is 4.82. The molecule has 0 bridgehead atoms. The summed E-state index contributed by atoms with van der Waals surface area (Å²) in [5.74, 6) is 1.25. The Morgan fingerprint density at radius 3 is 2.63 bits per heavy atom. The highest BCUT2D eigenvalue weighted by molar-refractivity contribution is 5.93. The Morgan fingerprint density at radius 2 is 1.77 bits per heavy atom. The van der Waals surface area contributed by atoms with Gasteiger partial charge in [0.2, 0.25) is 0 Å². The van der Waals surface area contributed by atoms with Gasteiger partial charge in [-0.2, -0.15) is 5.10 Å². The zero-order valence-corrected chi connectivity index (χ0v) is 17.0. The molecule has 2 aliphatic rings. The second-order valence-electron chi connectivity index (χ2n) is 8.42. The van der Waals surface area contributed by atoms with Crippen LogP contribution in [0.2, 0.25) is 0 Å². The van der Waals surface area contributed by atoms with E-state index in [-0.39, 0.29) is 0 Å². The number of piperidine rings is 2. The highest BCUT2D eigenvalue weighted by Crippen LogP contribution is 2.32. The smallest absolute Gasteiger partial charge is 0.161 e. The van der Waals surface area contributed by atoms with Gasteiger partial charge in [-0.15, -0.1) is 0 Å². The molecular weight excluding hydrogens is 376 g/mol. The number of nitrogens with one attached hydrogen (secondary N) is 3. The summed E-state index contributed by atoms with van der Waals surface area (Å²) < 4.78 is 0. The predicted molar refractivity (Wildman–Crippen MR) is 118 cm³/mol. The molecule has 4 aromatic rings. The standard InChI is InChI=1S/C22H26N8/c1-2-10-30(11-3-1)18-13-24-12-17-19(18)27-22(26-17)21-20-16(28-29-21)5-4-15(25-20)14-6-8-23-9-7-14/h4-5,12-14,23H,1-3,6-11H2,(H,26,27)(H,28,29). The van der Waals surface area contributed by atoms with E-state index in [0.29, 0.717) is 5.92 Å². The fraction of sp³-hybridized carbons (Fsp3) is 0.455. The van der Waals surface area contributed by atoms with Gasteiger partial charge in [0.05, 0.1) is 29.1 Å². The Bertz CT molecular complexity index is 1180. The molecule has 8 nitrogen and oxygen atoms in total. The molecule has 0 amide bonds. The van der Waals surface area contributed by atoms with Crippen molar-refractivity contribution in [2.24, 2.45) is 0 Å². The molecule has 4 aromatic heterocycles. The summed E-state index contributed by atoms with van der Waals surface area (Å²) in [5, 5.41) is 11.1. The predicted octanol–water partition coefficient (Wildman–Crippen LogP) is 3.35. The van der Waals surface area contributed by atoms with E-state index in [1.807, 2.05) is 12.4 Å². The lowest BCUT2D eigenvalue weighted by molar-refractivity contribution is 0.454. The number of aromatic nitrogens is 6. The van der Waals surface area contributed by atoms with Gasteiger partial charge in [-0.25, -0.2) is 9.97 Å².